The van der Waals surface area contributed by atoms with Crippen LogP contribution in [-0.4, -0.2) is 24.2 Å². The van der Waals surface area contributed by atoms with Crippen LogP contribution in [0.15, 0.2) is 0 Å². The van der Waals surface area contributed by atoms with Gasteiger partial charge in [0.25, 0.3) is 0 Å². The van der Waals surface area contributed by atoms with Gasteiger partial charge in [-0.05, 0) is 50.1 Å². The Morgan fingerprint density at radius 3 is 2.38 bits per heavy atom. The smallest absolute Gasteiger partial charge is 0.309 e. The Labute approximate surface area is 77.5 Å². The minimum atomic E-state index is -0.555. The first-order valence-corrected chi connectivity index (χ1v) is 5.08. The molecule has 1 heterocycles. The van der Waals surface area contributed by atoms with Crippen molar-refractivity contribution in [1.82, 2.24) is 5.32 Å². The highest BCUT2D eigenvalue weighted by Crippen LogP contribution is 2.75. The van der Waals surface area contributed by atoms with Gasteiger partial charge in [0.1, 0.15) is 0 Å². The van der Waals surface area contributed by atoms with Crippen LogP contribution in [-0.2, 0) is 4.79 Å². The standard InChI is InChI=1S/C10H15NO2/c12-8(13)10-4-9(5-10,6-10)1-7-2-11-3-7/h7,11H,1-6H2,(H,12,13). The molecule has 0 radical (unpaired) electrons. The van der Waals surface area contributed by atoms with Crippen LogP contribution in [0.5, 0.6) is 0 Å². The van der Waals surface area contributed by atoms with Crippen LogP contribution in [0, 0.1) is 16.7 Å². The van der Waals surface area contributed by atoms with E-state index < -0.39 is 5.97 Å². The summed E-state index contributed by atoms with van der Waals surface area (Å²) in [6.07, 6.45) is 4.17. The molecule has 0 spiro atoms. The first kappa shape index (κ1) is 7.80. The summed E-state index contributed by atoms with van der Waals surface area (Å²) in [4.78, 5) is 10.8. The van der Waals surface area contributed by atoms with Gasteiger partial charge in [-0.3, -0.25) is 4.79 Å². The van der Waals surface area contributed by atoms with E-state index in [0.29, 0.717) is 5.41 Å². The first-order valence-electron chi connectivity index (χ1n) is 5.08. The van der Waals surface area contributed by atoms with Gasteiger partial charge >= 0.3 is 5.97 Å². The van der Waals surface area contributed by atoms with E-state index in [-0.39, 0.29) is 5.41 Å². The number of aliphatic carboxylic acids is 1. The zero-order valence-electron chi connectivity index (χ0n) is 7.68. The molecule has 0 aromatic carbocycles. The van der Waals surface area contributed by atoms with E-state index >= 15 is 0 Å². The molecule has 4 aliphatic rings. The molecule has 0 amide bonds. The third kappa shape index (κ3) is 0.857. The molecular formula is C10H15NO2. The van der Waals surface area contributed by atoms with Crippen molar-refractivity contribution in [1.29, 1.82) is 0 Å². The topological polar surface area (TPSA) is 49.3 Å². The van der Waals surface area contributed by atoms with Gasteiger partial charge < -0.3 is 10.4 Å². The number of carboxylic acids is 1. The minimum absolute atomic E-state index is 0.267. The molecule has 72 valence electrons. The molecule has 3 heteroatoms. The number of carbonyl (C=O) groups is 1. The van der Waals surface area contributed by atoms with Crippen molar-refractivity contribution < 1.29 is 9.90 Å². The fourth-order valence-electron chi connectivity index (χ4n) is 3.55. The number of hydrogen-bond donors (Lipinski definition) is 2. The van der Waals surface area contributed by atoms with Crippen LogP contribution < -0.4 is 5.32 Å². The molecule has 0 aromatic heterocycles. The lowest BCUT2D eigenvalue weighted by molar-refractivity contribution is -0.229. The number of nitrogens with one attached hydrogen (secondary N) is 1. The van der Waals surface area contributed by atoms with Gasteiger partial charge in [0.15, 0.2) is 0 Å². The molecule has 1 saturated heterocycles. The SMILES string of the molecule is O=C(O)C12CC(CC3CNC3)(C1)C2. The van der Waals surface area contributed by atoms with E-state index in [2.05, 4.69) is 5.32 Å². The third-order valence-electron chi connectivity index (χ3n) is 4.18. The number of rotatable bonds is 3. The summed E-state index contributed by atoms with van der Waals surface area (Å²) in [5.41, 5.74) is 0.197. The van der Waals surface area contributed by atoms with Crippen LogP contribution in [0.1, 0.15) is 25.7 Å². The highest BCUT2D eigenvalue weighted by molar-refractivity contribution is 5.79. The summed E-state index contributed by atoms with van der Waals surface area (Å²) < 4.78 is 0. The van der Waals surface area contributed by atoms with Gasteiger partial charge in [-0.1, -0.05) is 0 Å². The summed E-state index contributed by atoms with van der Waals surface area (Å²) in [6, 6.07) is 0. The average molecular weight is 181 g/mol. The Bertz CT molecular complexity index is 250. The lowest BCUT2D eigenvalue weighted by Gasteiger charge is -2.69. The molecule has 2 N–H and O–H groups in total. The molecule has 4 rings (SSSR count). The van der Waals surface area contributed by atoms with Gasteiger partial charge in [-0.25, -0.2) is 0 Å². The maximum Gasteiger partial charge on any atom is 0.309 e. The molecule has 0 aromatic rings. The van der Waals surface area contributed by atoms with Gasteiger partial charge in [0.05, 0.1) is 5.41 Å². The van der Waals surface area contributed by atoms with Crippen molar-refractivity contribution in [3.05, 3.63) is 0 Å². The number of hydrogen-bond acceptors (Lipinski definition) is 2. The lowest BCUT2D eigenvalue weighted by Crippen LogP contribution is -2.66. The second kappa shape index (κ2) is 2.08. The predicted octanol–water partition coefficient (Wildman–Crippen LogP) is 0.851. The van der Waals surface area contributed by atoms with E-state index in [9.17, 15) is 4.79 Å². The third-order valence-corrected chi connectivity index (χ3v) is 4.18. The molecule has 0 atom stereocenters. The van der Waals surface area contributed by atoms with Gasteiger partial charge in [0, 0.05) is 0 Å². The molecule has 1 aliphatic heterocycles. The van der Waals surface area contributed by atoms with Crippen LogP contribution >= 0.6 is 0 Å². The fourth-order valence-corrected chi connectivity index (χ4v) is 3.55. The Morgan fingerprint density at radius 1 is 1.38 bits per heavy atom. The summed E-state index contributed by atoms with van der Waals surface area (Å²) in [5, 5.41) is 12.2. The molecule has 3 nitrogen and oxygen atoms in total. The first-order chi connectivity index (χ1) is 6.14. The maximum absolute atomic E-state index is 10.8. The van der Waals surface area contributed by atoms with Crippen molar-refractivity contribution in [3.63, 3.8) is 0 Å². The Morgan fingerprint density at radius 2 is 2.00 bits per heavy atom. The Hall–Kier alpha value is -0.570. The van der Waals surface area contributed by atoms with E-state index in [0.717, 1.165) is 38.3 Å². The van der Waals surface area contributed by atoms with E-state index in [1.54, 1.807) is 0 Å². The zero-order chi connectivity index (χ0) is 9.10. The van der Waals surface area contributed by atoms with Gasteiger partial charge in [-0.2, -0.15) is 0 Å². The normalized spacial score (nSPS) is 47.4. The van der Waals surface area contributed by atoms with Crippen molar-refractivity contribution in [2.24, 2.45) is 16.7 Å². The maximum atomic E-state index is 10.8. The van der Waals surface area contributed by atoms with Crippen LogP contribution in [0.4, 0.5) is 0 Å². The average Bonchev–Trinajstić information content (AvgIpc) is 1.76. The molecule has 4 fully saturated rings. The minimum Gasteiger partial charge on any atom is -0.481 e. The van der Waals surface area contributed by atoms with Crippen molar-refractivity contribution >= 4 is 5.97 Å². The highest BCUT2D eigenvalue weighted by atomic mass is 16.4. The van der Waals surface area contributed by atoms with Crippen molar-refractivity contribution in [3.8, 4) is 0 Å². The zero-order valence-corrected chi connectivity index (χ0v) is 7.68. The van der Waals surface area contributed by atoms with Crippen LogP contribution in [0.3, 0.4) is 0 Å². The molecule has 13 heavy (non-hydrogen) atoms. The second-order valence-electron chi connectivity index (χ2n) is 5.34. The fraction of sp³-hybridized carbons (Fsp3) is 0.900. The van der Waals surface area contributed by atoms with E-state index in [1.165, 1.54) is 6.42 Å². The molecular weight excluding hydrogens is 166 g/mol. The molecule has 3 saturated carbocycles. The summed E-state index contributed by atoms with van der Waals surface area (Å²) in [5.74, 6) is 0.285. The summed E-state index contributed by atoms with van der Waals surface area (Å²) >= 11 is 0. The second-order valence-corrected chi connectivity index (χ2v) is 5.34. The molecule has 0 unspecified atom stereocenters. The van der Waals surface area contributed by atoms with Crippen molar-refractivity contribution in [2.45, 2.75) is 25.7 Å². The summed E-state index contributed by atoms with van der Waals surface area (Å²) in [7, 11) is 0. The molecule has 3 aliphatic carbocycles. The molecule has 2 bridgehead atoms. The van der Waals surface area contributed by atoms with Crippen LogP contribution in [0.25, 0.3) is 0 Å². The van der Waals surface area contributed by atoms with Crippen molar-refractivity contribution in [2.75, 3.05) is 13.1 Å². The van der Waals surface area contributed by atoms with E-state index in [4.69, 9.17) is 5.11 Å². The Balaban J connectivity index is 1.58. The quantitative estimate of drug-likeness (QED) is 0.678. The summed E-state index contributed by atoms with van der Waals surface area (Å²) in [6.45, 7) is 2.31. The van der Waals surface area contributed by atoms with Crippen LogP contribution in [0.2, 0.25) is 0 Å². The number of carboxylic acid groups (broad SMARTS) is 1. The largest absolute Gasteiger partial charge is 0.481 e. The highest BCUT2D eigenvalue weighted by Gasteiger charge is 2.71. The van der Waals surface area contributed by atoms with E-state index in [1.807, 2.05) is 0 Å². The monoisotopic (exact) mass is 181 g/mol. The Kier molecular flexibility index (Phi) is 1.25. The lowest BCUT2D eigenvalue weighted by atomic mass is 9.33. The predicted molar refractivity (Wildman–Crippen MR) is 47.3 cm³/mol. The van der Waals surface area contributed by atoms with Gasteiger partial charge in [0.2, 0.25) is 0 Å². The van der Waals surface area contributed by atoms with Gasteiger partial charge in [-0.15, -0.1) is 0 Å².